The molecule has 2 fully saturated rings. The average molecular weight is 226 g/mol. The number of rotatable bonds is 2. The van der Waals surface area contributed by atoms with Crippen LogP contribution in [0.25, 0.3) is 0 Å². The molecule has 0 aromatic carbocycles. The van der Waals surface area contributed by atoms with Gasteiger partial charge >= 0.3 is 0 Å². The molecule has 0 bridgehead atoms. The molecule has 3 atom stereocenters. The molecule has 0 aromatic heterocycles. The van der Waals surface area contributed by atoms with Gasteiger partial charge in [0.1, 0.15) is 0 Å². The van der Waals surface area contributed by atoms with Gasteiger partial charge in [-0.2, -0.15) is 0 Å². The fraction of sp³-hybridized carbons (Fsp3) is 1.00. The highest BCUT2D eigenvalue weighted by Gasteiger charge is 2.68. The van der Waals surface area contributed by atoms with Gasteiger partial charge in [-0.3, -0.25) is 0 Å². The highest BCUT2D eigenvalue weighted by molar-refractivity contribution is 5.85. The molecule has 3 unspecified atom stereocenters. The number of hydrogen-bond acceptors (Lipinski definition) is 1. The minimum absolute atomic E-state index is 0. The van der Waals surface area contributed by atoms with E-state index in [4.69, 9.17) is 0 Å². The SMILES string of the molecule is CCC1C(C2CCCNC2)C1(F)F.Cl. The van der Waals surface area contributed by atoms with Crippen LogP contribution in [0, 0.1) is 17.8 Å². The molecule has 1 saturated carbocycles. The molecule has 0 radical (unpaired) electrons. The molecular formula is C10H18ClF2N. The zero-order chi connectivity index (χ0) is 9.47. The van der Waals surface area contributed by atoms with Crippen molar-refractivity contribution in [2.45, 2.75) is 32.1 Å². The van der Waals surface area contributed by atoms with Crippen LogP contribution in [0.5, 0.6) is 0 Å². The van der Waals surface area contributed by atoms with Crippen molar-refractivity contribution in [3.8, 4) is 0 Å². The van der Waals surface area contributed by atoms with Crippen LogP contribution in [0.1, 0.15) is 26.2 Å². The lowest BCUT2D eigenvalue weighted by Crippen LogP contribution is -2.32. The maximum Gasteiger partial charge on any atom is 0.254 e. The van der Waals surface area contributed by atoms with E-state index in [0.29, 0.717) is 6.42 Å². The van der Waals surface area contributed by atoms with E-state index < -0.39 is 5.92 Å². The minimum atomic E-state index is -2.35. The largest absolute Gasteiger partial charge is 0.316 e. The molecule has 4 heteroatoms. The molecule has 0 spiro atoms. The van der Waals surface area contributed by atoms with E-state index in [0.717, 1.165) is 25.9 Å². The van der Waals surface area contributed by atoms with Gasteiger partial charge in [0.25, 0.3) is 5.92 Å². The Labute approximate surface area is 90.0 Å². The summed E-state index contributed by atoms with van der Waals surface area (Å²) in [7, 11) is 0. The van der Waals surface area contributed by atoms with E-state index in [1.165, 1.54) is 0 Å². The maximum atomic E-state index is 13.2. The fourth-order valence-corrected chi connectivity index (χ4v) is 2.77. The molecule has 1 N–H and O–H groups in total. The third-order valence-corrected chi connectivity index (χ3v) is 3.55. The lowest BCUT2D eigenvalue weighted by Gasteiger charge is -2.22. The minimum Gasteiger partial charge on any atom is -0.316 e. The van der Waals surface area contributed by atoms with E-state index in [-0.39, 0.29) is 30.2 Å². The molecule has 14 heavy (non-hydrogen) atoms. The van der Waals surface area contributed by atoms with Crippen molar-refractivity contribution >= 4 is 12.4 Å². The van der Waals surface area contributed by atoms with Crippen molar-refractivity contribution in [2.24, 2.45) is 17.8 Å². The Kier molecular flexibility index (Phi) is 3.75. The van der Waals surface area contributed by atoms with Crippen molar-refractivity contribution in [1.82, 2.24) is 5.32 Å². The molecule has 1 aliphatic carbocycles. The van der Waals surface area contributed by atoms with Crippen molar-refractivity contribution < 1.29 is 8.78 Å². The van der Waals surface area contributed by atoms with Crippen LogP contribution < -0.4 is 5.32 Å². The van der Waals surface area contributed by atoms with Crippen molar-refractivity contribution in [2.75, 3.05) is 13.1 Å². The third kappa shape index (κ3) is 1.89. The zero-order valence-corrected chi connectivity index (χ0v) is 9.25. The summed E-state index contributed by atoms with van der Waals surface area (Å²) in [6.07, 6.45) is 2.69. The van der Waals surface area contributed by atoms with Crippen LogP contribution in [0.4, 0.5) is 8.78 Å². The second-order valence-electron chi connectivity index (χ2n) is 4.32. The number of nitrogens with one attached hydrogen (secondary N) is 1. The monoisotopic (exact) mass is 225 g/mol. The number of piperidine rings is 1. The van der Waals surface area contributed by atoms with Gasteiger partial charge in [-0.25, -0.2) is 8.78 Å². The highest BCUT2D eigenvalue weighted by atomic mass is 35.5. The lowest BCUT2D eigenvalue weighted by molar-refractivity contribution is 0.0701. The normalized spacial score (nSPS) is 40.1. The number of halogens is 3. The molecule has 1 saturated heterocycles. The van der Waals surface area contributed by atoms with Crippen LogP contribution in [0.3, 0.4) is 0 Å². The second kappa shape index (κ2) is 4.31. The van der Waals surface area contributed by atoms with Gasteiger partial charge in [0.15, 0.2) is 0 Å². The number of alkyl halides is 2. The van der Waals surface area contributed by atoms with Gasteiger partial charge < -0.3 is 5.32 Å². The maximum absolute atomic E-state index is 13.2. The Balaban J connectivity index is 0.000000980. The summed E-state index contributed by atoms with van der Waals surface area (Å²) >= 11 is 0. The summed E-state index contributed by atoms with van der Waals surface area (Å²) < 4.78 is 26.4. The quantitative estimate of drug-likeness (QED) is 0.762. The first-order valence-corrected chi connectivity index (χ1v) is 5.26. The van der Waals surface area contributed by atoms with E-state index >= 15 is 0 Å². The Morgan fingerprint density at radius 2 is 2.14 bits per heavy atom. The Morgan fingerprint density at radius 3 is 2.57 bits per heavy atom. The first-order valence-electron chi connectivity index (χ1n) is 5.26. The summed E-state index contributed by atoms with van der Waals surface area (Å²) in [6, 6.07) is 0. The van der Waals surface area contributed by atoms with Crippen molar-refractivity contribution in [3.05, 3.63) is 0 Å². The molecule has 2 rings (SSSR count). The zero-order valence-electron chi connectivity index (χ0n) is 8.43. The average Bonchev–Trinajstić information content (AvgIpc) is 2.69. The Hall–Kier alpha value is 0.110. The molecule has 2 aliphatic rings. The summed E-state index contributed by atoms with van der Waals surface area (Å²) in [6.45, 7) is 3.68. The molecule has 1 aliphatic heterocycles. The van der Waals surface area contributed by atoms with Gasteiger partial charge in [-0.15, -0.1) is 12.4 Å². The molecule has 0 amide bonds. The first kappa shape index (κ1) is 12.2. The Morgan fingerprint density at radius 1 is 1.43 bits per heavy atom. The van der Waals surface area contributed by atoms with Gasteiger partial charge in [-0.05, 0) is 38.3 Å². The van der Waals surface area contributed by atoms with E-state index in [1.54, 1.807) is 0 Å². The van der Waals surface area contributed by atoms with Crippen LogP contribution >= 0.6 is 12.4 Å². The van der Waals surface area contributed by atoms with E-state index in [9.17, 15) is 8.78 Å². The summed E-state index contributed by atoms with van der Waals surface area (Å²) in [4.78, 5) is 0. The third-order valence-electron chi connectivity index (χ3n) is 3.55. The first-order chi connectivity index (χ1) is 6.18. The smallest absolute Gasteiger partial charge is 0.254 e. The molecule has 84 valence electrons. The van der Waals surface area contributed by atoms with Crippen LogP contribution in [0.2, 0.25) is 0 Å². The van der Waals surface area contributed by atoms with Crippen LogP contribution in [0.15, 0.2) is 0 Å². The fourth-order valence-electron chi connectivity index (χ4n) is 2.77. The van der Waals surface area contributed by atoms with Crippen molar-refractivity contribution in [3.63, 3.8) is 0 Å². The molecule has 1 heterocycles. The van der Waals surface area contributed by atoms with Gasteiger partial charge in [-0.1, -0.05) is 6.92 Å². The van der Waals surface area contributed by atoms with Crippen LogP contribution in [-0.2, 0) is 0 Å². The summed E-state index contributed by atoms with van der Waals surface area (Å²) in [5.41, 5.74) is 0. The van der Waals surface area contributed by atoms with Gasteiger partial charge in [0.2, 0.25) is 0 Å². The van der Waals surface area contributed by atoms with Crippen LogP contribution in [-0.4, -0.2) is 19.0 Å². The summed E-state index contributed by atoms with van der Waals surface area (Å²) in [5, 5.41) is 3.21. The van der Waals surface area contributed by atoms with Gasteiger partial charge in [0, 0.05) is 11.8 Å². The lowest BCUT2D eigenvalue weighted by atomic mass is 9.93. The molecule has 0 aromatic rings. The summed E-state index contributed by atoms with van der Waals surface area (Å²) in [5.74, 6) is -2.75. The predicted molar refractivity (Wildman–Crippen MR) is 55.1 cm³/mol. The molecular weight excluding hydrogens is 208 g/mol. The van der Waals surface area contributed by atoms with E-state index in [2.05, 4.69) is 5.32 Å². The standard InChI is InChI=1S/C10H17F2N.ClH/c1-2-8-9(10(8,11)12)7-4-3-5-13-6-7;/h7-9,13H,2-6H2,1H3;1H. The highest BCUT2D eigenvalue weighted by Crippen LogP contribution is 2.61. The van der Waals surface area contributed by atoms with Crippen molar-refractivity contribution in [1.29, 1.82) is 0 Å². The van der Waals surface area contributed by atoms with E-state index in [1.807, 2.05) is 6.92 Å². The molecule has 1 nitrogen and oxygen atoms in total. The second-order valence-corrected chi connectivity index (χ2v) is 4.32. The van der Waals surface area contributed by atoms with Gasteiger partial charge in [0.05, 0.1) is 0 Å². The Bertz CT molecular complexity index is 193. The predicted octanol–water partition coefficient (Wildman–Crippen LogP) is 2.70. The topological polar surface area (TPSA) is 12.0 Å². The number of hydrogen-bond donors (Lipinski definition) is 1.